The Kier molecular flexibility index (Phi) is 4.19. The molecule has 6 nitrogen and oxygen atoms in total. The Morgan fingerprint density at radius 2 is 2.04 bits per heavy atom. The Morgan fingerprint density at radius 1 is 1.28 bits per heavy atom. The maximum atomic E-state index is 13.1. The summed E-state index contributed by atoms with van der Waals surface area (Å²) in [5.74, 6) is -0.581. The molecule has 132 valence electrons. The first-order valence-corrected chi connectivity index (χ1v) is 9.48. The number of carbonyl (C=O) groups excluding carboxylic acids is 2. The van der Waals surface area contributed by atoms with E-state index in [1.165, 1.54) is 11.7 Å². The van der Waals surface area contributed by atoms with Crippen molar-refractivity contribution in [1.29, 1.82) is 0 Å². The van der Waals surface area contributed by atoms with Crippen LogP contribution >= 0.6 is 11.7 Å². The summed E-state index contributed by atoms with van der Waals surface area (Å²) in [4.78, 5) is 26.7. The summed E-state index contributed by atoms with van der Waals surface area (Å²) in [5, 5.41) is 0. The van der Waals surface area contributed by atoms with Crippen LogP contribution in [0.15, 0.2) is 18.2 Å². The van der Waals surface area contributed by atoms with Crippen molar-refractivity contribution < 1.29 is 14.3 Å². The van der Waals surface area contributed by atoms with Crippen molar-refractivity contribution in [2.45, 2.75) is 50.7 Å². The Labute approximate surface area is 150 Å². The predicted molar refractivity (Wildman–Crippen MR) is 93.9 cm³/mol. The van der Waals surface area contributed by atoms with E-state index in [-0.39, 0.29) is 24.2 Å². The molecule has 1 amide bonds. The van der Waals surface area contributed by atoms with Crippen molar-refractivity contribution in [3.63, 3.8) is 0 Å². The fourth-order valence-corrected chi connectivity index (χ4v) is 4.67. The first-order valence-electron chi connectivity index (χ1n) is 8.75. The van der Waals surface area contributed by atoms with Gasteiger partial charge in [-0.05, 0) is 43.4 Å². The van der Waals surface area contributed by atoms with Gasteiger partial charge in [-0.15, -0.1) is 0 Å². The summed E-state index contributed by atoms with van der Waals surface area (Å²) in [7, 11) is 1.80. The van der Waals surface area contributed by atoms with Crippen LogP contribution in [0, 0.1) is 5.92 Å². The smallest absolute Gasteiger partial charge is 0.307 e. The molecule has 0 N–H and O–H groups in total. The molecule has 2 fully saturated rings. The average Bonchev–Trinajstić information content (AvgIpc) is 3.19. The molecule has 1 aromatic heterocycles. The third-order valence-corrected chi connectivity index (χ3v) is 5.99. The number of hydrogen-bond acceptors (Lipinski definition) is 6. The molecule has 7 heteroatoms. The van der Waals surface area contributed by atoms with Gasteiger partial charge in [0.15, 0.2) is 0 Å². The van der Waals surface area contributed by atoms with Crippen molar-refractivity contribution in [3.05, 3.63) is 23.8 Å². The van der Waals surface area contributed by atoms with Crippen LogP contribution < -0.4 is 0 Å². The third kappa shape index (κ3) is 3.01. The fraction of sp³-hybridized carbons (Fsp3) is 0.556. The van der Waals surface area contributed by atoms with E-state index in [9.17, 15) is 9.59 Å². The summed E-state index contributed by atoms with van der Waals surface area (Å²) >= 11 is 1.19. The molecule has 0 radical (unpaired) electrons. The molecule has 0 bridgehead atoms. The van der Waals surface area contributed by atoms with Crippen LogP contribution in [-0.4, -0.2) is 38.2 Å². The molecule has 1 unspecified atom stereocenters. The van der Waals surface area contributed by atoms with Gasteiger partial charge in [0.1, 0.15) is 16.6 Å². The highest BCUT2D eigenvalue weighted by Crippen LogP contribution is 2.44. The van der Waals surface area contributed by atoms with Gasteiger partial charge < -0.3 is 9.64 Å². The monoisotopic (exact) mass is 359 g/mol. The van der Waals surface area contributed by atoms with Crippen LogP contribution in [0.5, 0.6) is 0 Å². The third-order valence-electron chi connectivity index (χ3n) is 5.44. The molecular formula is C18H21N3O3S. The highest BCUT2D eigenvalue weighted by molar-refractivity contribution is 7.00. The van der Waals surface area contributed by atoms with Gasteiger partial charge in [0.2, 0.25) is 5.91 Å². The number of ether oxygens (including phenoxy) is 1. The van der Waals surface area contributed by atoms with E-state index in [0.29, 0.717) is 6.54 Å². The molecule has 2 heterocycles. The van der Waals surface area contributed by atoms with Crippen LogP contribution in [-0.2, 0) is 20.9 Å². The van der Waals surface area contributed by atoms with Gasteiger partial charge in [-0.1, -0.05) is 12.5 Å². The number of hydrogen-bond donors (Lipinski definition) is 0. The molecular weight excluding hydrogens is 338 g/mol. The zero-order chi connectivity index (χ0) is 17.4. The lowest BCUT2D eigenvalue weighted by atomic mass is 9.75. The number of rotatable bonds is 3. The molecule has 1 aliphatic carbocycles. The second kappa shape index (κ2) is 6.37. The lowest BCUT2D eigenvalue weighted by Gasteiger charge is -2.37. The van der Waals surface area contributed by atoms with Crippen LogP contribution in [0.25, 0.3) is 11.0 Å². The first kappa shape index (κ1) is 16.4. The van der Waals surface area contributed by atoms with Gasteiger partial charge in [0.25, 0.3) is 0 Å². The van der Waals surface area contributed by atoms with Crippen molar-refractivity contribution in [3.8, 4) is 0 Å². The molecule has 1 saturated heterocycles. The van der Waals surface area contributed by atoms with Gasteiger partial charge in [0, 0.05) is 13.6 Å². The van der Waals surface area contributed by atoms with E-state index < -0.39 is 5.60 Å². The molecule has 1 aliphatic heterocycles. The molecule has 2 aromatic rings. The van der Waals surface area contributed by atoms with Gasteiger partial charge >= 0.3 is 5.97 Å². The number of aromatic nitrogens is 2. The second-order valence-electron chi connectivity index (χ2n) is 7.14. The number of esters is 1. The molecule has 1 saturated carbocycles. The van der Waals surface area contributed by atoms with Crippen molar-refractivity contribution in [2.24, 2.45) is 5.92 Å². The Hall–Kier alpha value is -2.02. The zero-order valence-electron chi connectivity index (χ0n) is 14.2. The van der Waals surface area contributed by atoms with Crippen LogP contribution in [0.3, 0.4) is 0 Å². The minimum Gasteiger partial charge on any atom is -0.458 e. The number of fused-ring (bicyclic) bond motifs is 1. The Morgan fingerprint density at radius 3 is 2.84 bits per heavy atom. The minimum absolute atomic E-state index is 0.00393. The van der Waals surface area contributed by atoms with Crippen LogP contribution in [0.4, 0.5) is 0 Å². The van der Waals surface area contributed by atoms with Crippen molar-refractivity contribution >= 4 is 34.6 Å². The zero-order valence-corrected chi connectivity index (χ0v) is 15.1. The summed E-state index contributed by atoms with van der Waals surface area (Å²) in [6.45, 7) is 0.493. The fourth-order valence-electron chi connectivity index (χ4n) is 4.15. The molecule has 4 rings (SSSR count). The van der Waals surface area contributed by atoms with E-state index >= 15 is 0 Å². The number of amides is 1. The van der Waals surface area contributed by atoms with Crippen molar-refractivity contribution in [2.75, 3.05) is 7.05 Å². The molecule has 25 heavy (non-hydrogen) atoms. The molecule has 1 aromatic carbocycles. The number of nitrogens with zero attached hydrogens (tertiary/aromatic N) is 3. The van der Waals surface area contributed by atoms with Gasteiger partial charge in [0.05, 0.1) is 24.1 Å². The van der Waals surface area contributed by atoms with E-state index in [2.05, 4.69) is 8.75 Å². The molecule has 1 atom stereocenters. The van der Waals surface area contributed by atoms with Crippen LogP contribution in [0.2, 0.25) is 0 Å². The Balaban J connectivity index is 1.51. The maximum absolute atomic E-state index is 13.1. The highest BCUT2D eigenvalue weighted by atomic mass is 32.1. The molecule has 2 aliphatic rings. The first-order chi connectivity index (χ1) is 12.1. The standard InChI is InChI=1S/C18H21N3O3S/c1-21(11-12-5-6-14-15(9-12)20-25-19-14)17(23)13-10-16(22)24-18(13)7-3-2-4-8-18/h5-6,9,13H,2-4,7-8,10-11H2,1H3. The quantitative estimate of drug-likeness (QED) is 0.788. The largest absolute Gasteiger partial charge is 0.458 e. The summed E-state index contributed by atoms with van der Waals surface area (Å²) in [6.07, 6.45) is 5.01. The Bertz CT molecular complexity index is 813. The van der Waals surface area contributed by atoms with Gasteiger partial charge in [-0.3, -0.25) is 9.59 Å². The maximum Gasteiger partial charge on any atom is 0.307 e. The van der Waals surface area contributed by atoms with Crippen LogP contribution in [0.1, 0.15) is 44.1 Å². The van der Waals surface area contributed by atoms with Crippen molar-refractivity contribution in [1.82, 2.24) is 13.6 Å². The lowest BCUT2D eigenvalue weighted by Crippen LogP contribution is -2.46. The van der Waals surface area contributed by atoms with E-state index in [1.54, 1.807) is 11.9 Å². The van der Waals surface area contributed by atoms with E-state index in [0.717, 1.165) is 48.7 Å². The lowest BCUT2D eigenvalue weighted by molar-refractivity contribution is -0.155. The topological polar surface area (TPSA) is 72.4 Å². The van der Waals surface area contributed by atoms with Gasteiger partial charge in [-0.2, -0.15) is 8.75 Å². The average molecular weight is 359 g/mol. The van der Waals surface area contributed by atoms with E-state index in [4.69, 9.17) is 4.74 Å². The number of benzene rings is 1. The van der Waals surface area contributed by atoms with Gasteiger partial charge in [-0.25, -0.2) is 0 Å². The minimum atomic E-state index is -0.566. The number of carbonyl (C=O) groups is 2. The van der Waals surface area contributed by atoms with E-state index in [1.807, 2.05) is 18.2 Å². The summed E-state index contributed by atoms with van der Waals surface area (Å²) in [5.41, 5.74) is 2.17. The second-order valence-corrected chi connectivity index (χ2v) is 7.67. The SMILES string of the molecule is CN(Cc1ccc2nsnc2c1)C(=O)C1CC(=O)OC12CCCCC2. The highest BCUT2D eigenvalue weighted by Gasteiger charge is 2.53. The predicted octanol–water partition coefficient (Wildman–Crippen LogP) is 2.92. The molecule has 1 spiro atoms. The summed E-state index contributed by atoms with van der Waals surface area (Å²) < 4.78 is 14.1. The normalized spacial score (nSPS) is 22.3. The summed E-state index contributed by atoms with van der Waals surface area (Å²) in [6, 6.07) is 5.87.